The SMILES string of the molecule is CC1(C)CNc2cc(F)c(F)cc2OC1. The maximum absolute atomic E-state index is 13.0. The van der Waals surface area contributed by atoms with E-state index in [1.165, 1.54) is 0 Å². The molecule has 2 rings (SSSR count). The zero-order valence-electron chi connectivity index (χ0n) is 8.73. The van der Waals surface area contributed by atoms with E-state index in [0.29, 0.717) is 24.6 Å². The molecule has 0 bridgehead atoms. The highest BCUT2D eigenvalue weighted by molar-refractivity contribution is 5.57. The van der Waals surface area contributed by atoms with Gasteiger partial charge in [0.05, 0.1) is 12.3 Å². The summed E-state index contributed by atoms with van der Waals surface area (Å²) in [7, 11) is 0. The molecule has 1 aromatic carbocycles. The van der Waals surface area contributed by atoms with Gasteiger partial charge in [-0.2, -0.15) is 0 Å². The van der Waals surface area contributed by atoms with Crippen LogP contribution in [0.3, 0.4) is 0 Å². The van der Waals surface area contributed by atoms with E-state index in [4.69, 9.17) is 4.74 Å². The van der Waals surface area contributed by atoms with E-state index < -0.39 is 11.6 Å². The van der Waals surface area contributed by atoms with E-state index in [1.54, 1.807) is 0 Å². The zero-order chi connectivity index (χ0) is 11.1. The van der Waals surface area contributed by atoms with Gasteiger partial charge in [-0.25, -0.2) is 8.78 Å². The van der Waals surface area contributed by atoms with Gasteiger partial charge in [0.2, 0.25) is 0 Å². The molecule has 0 unspecified atom stereocenters. The fraction of sp³-hybridized carbons (Fsp3) is 0.455. The van der Waals surface area contributed by atoms with Crippen molar-refractivity contribution < 1.29 is 13.5 Å². The summed E-state index contributed by atoms with van der Waals surface area (Å²) in [6.07, 6.45) is 0. The van der Waals surface area contributed by atoms with Gasteiger partial charge in [0.1, 0.15) is 5.75 Å². The molecule has 0 amide bonds. The van der Waals surface area contributed by atoms with E-state index in [-0.39, 0.29) is 5.41 Å². The van der Waals surface area contributed by atoms with Crippen molar-refractivity contribution in [3.05, 3.63) is 23.8 Å². The first-order valence-corrected chi connectivity index (χ1v) is 4.84. The van der Waals surface area contributed by atoms with E-state index >= 15 is 0 Å². The standard InChI is InChI=1S/C11H13F2NO/c1-11(2)5-14-9-3-7(12)8(13)4-10(9)15-6-11/h3-4,14H,5-6H2,1-2H3. The molecule has 0 aromatic heterocycles. The van der Waals surface area contributed by atoms with Gasteiger partial charge in [0.15, 0.2) is 11.6 Å². The van der Waals surface area contributed by atoms with Crippen molar-refractivity contribution in [3.8, 4) is 5.75 Å². The van der Waals surface area contributed by atoms with Gasteiger partial charge in [-0.1, -0.05) is 13.8 Å². The minimum absolute atomic E-state index is 0.0496. The summed E-state index contributed by atoms with van der Waals surface area (Å²) in [5.74, 6) is -1.36. The van der Waals surface area contributed by atoms with Crippen molar-refractivity contribution in [1.82, 2.24) is 0 Å². The predicted molar refractivity (Wildman–Crippen MR) is 54.1 cm³/mol. The topological polar surface area (TPSA) is 21.3 Å². The van der Waals surface area contributed by atoms with Crippen LogP contribution >= 0.6 is 0 Å². The van der Waals surface area contributed by atoms with Crippen molar-refractivity contribution >= 4 is 5.69 Å². The fourth-order valence-corrected chi connectivity index (χ4v) is 1.44. The largest absolute Gasteiger partial charge is 0.491 e. The van der Waals surface area contributed by atoms with Gasteiger partial charge in [-0.05, 0) is 0 Å². The third-order valence-corrected chi connectivity index (χ3v) is 2.40. The smallest absolute Gasteiger partial charge is 0.162 e. The maximum Gasteiger partial charge on any atom is 0.162 e. The van der Waals surface area contributed by atoms with Gasteiger partial charge >= 0.3 is 0 Å². The highest BCUT2D eigenvalue weighted by atomic mass is 19.2. The van der Waals surface area contributed by atoms with Crippen molar-refractivity contribution in [2.75, 3.05) is 18.5 Å². The van der Waals surface area contributed by atoms with E-state index in [2.05, 4.69) is 5.32 Å². The quantitative estimate of drug-likeness (QED) is 0.715. The summed E-state index contributed by atoms with van der Waals surface area (Å²) in [5, 5.41) is 3.05. The molecular formula is C11H13F2NO. The average molecular weight is 213 g/mol. The molecule has 0 fully saturated rings. The molecule has 1 heterocycles. The van der Waals surface area contributed by atoms with Gasteiger partial charge in [-0.3, -0.25) is 0 Å². The van der Waals surface area contributed by atoms with Crippen LogP contribution < -0.4 is 10.1 Å². The lowest BCUT2D eigenvalue weighted by Crippen LogP contribution is -2.27. The highest BCUT2D eigenvalue weighted by Gasteiger charge is 2.24. The lowest BCUT2D eigenvalue weighted by atomic mass is 9.95. The third kappa shape index (κ3) is 2.03. The number of halogens is 2. The van der Waals surface area contributed by atoms with Crippen molar-refractivity contribution in [2.45, 2.75) is 13.8 Å². The molecular weight excluding hydrogens is 200 g/mol. The molecule has 1 N–H and O–H groups in total. The van der Waals surface area contributed by atoms with E-state index in [9.17, 15) is 8.78 Å². The Kier molecular flexibility index (Phi) is 2.29. The Hall–Kier alpha value is -1.32. The fourth-order valence-electron chi connectivity index (χ4n) is 1.44. The summed E-state index contributed by atoms with van der Waals surface area (Å²) < 4.78 is 31.3. The number of ether oxygens (including phenoxy) is 1. The Morgan fingerprint density at radius 3 is 2.67 bits per heavy atom. The Labute approximate surface area is 87.2 Å². The first kappa shape index (κ1) is 10.2. The normalized spacial score (nSPS) is 18.4. The third-order valence-electron chi connectivity index (χ3n) is 2.40. The molecule has 0 saturated heterocycles. The molecule has 1 aliphatic heterocycles. The average Bonchev–Trinajstić information content (AvgIpc) is 2.29. The van der Waals surface area contributed by atoms with Crippen molar-refractivity contribution in [1.29, 1.82) is 0 Å². The minimum Gasteiger partial charge on any atom is -0.491 e. The van der Waals surface area contributed by atoms with Crippen LogP contribution in [0.25, 0.3) is 0 Å². The van der Waals surface area contributed by atoms with Crippen LogP contribution in [0.15, 0.2) is 12.1 Å². The summed E-state index contributed by atoms with van der Waals surface area (Å²) in [6, 6.07) is 2.21. The van der Waals surface area contributed by atoms with E-state index in [1.807, 2.05) is 13.8 Å². The van der Waals surface area contributed by atoms with Crippen LogP contribution in [0.2, 0.25) is 0 Å². The highest BCUT2D eigenvalue weighted by Crippen LogP contribution is 2.32. The van der Waals surface area contributed by atoms with Crippen LogP contribution in [0, 0.1) is 17.0 Å². The minimum atomic E-state index is -0.879. The summed E-state index contributed by atoms with van der Waals surface area (Å²) in [5.41, 5.74) is 0.464. The summed E-state index contributed by atoms with van der Waals surface area (Å²) in [6.45, 7) is 5.21. The van der Waals surface area contributed by atoms with Gasteiger partial charge < -0.3 is 10.1 Å². The Bertz CT molecular complexity index is 355. The summed E-state index contributed by atoms with van der Waals surface area (Å²) >= 11 is 0. The number of nitrogens with one attached hydrogen (secondary N) is 1. The molecule has 4 heteroatoms. The number of rotatable bonds is 0. The Morgan fingerprint density at radius 2 is 1.93 bits per heavy atom. The van der Waals surface area contributed by atoms with Gasteiger partial charge in [0.25, 0.3) is 0 Å². The van der Waals surface area contributed by atoms with Gasteiger partial charge in [0, 0.05) is 24.1 Å². The second kappa shape index (κ2) is 3.36. The van der Waals surface area contributed by atoms with Crippen LogP contribution in [0.5, 0.6) is 5.75 Å². The van der Waals surface area contributed by atoms with Crippen molar-refractivity contribution in [3.63, 3.8) is 0 Å². The van der Waals surface area contributed by atoms with Crippen molar-refractivity contribution in [2.24, 2.45) is 5.41 Å². The van der Waals surface area contributed by atoms with Gasteiger partial charge in [-0.15, -0.1) is 0 Å². The van der Waals surface area contributed by atoms with Crippen LogP contribution in [0.4, 0.5) is 14.5 Å². The second-order valence-electron chi connectivity index (χ2n) is 4.57. The number of hydrogen-bond acceptors (Lipinski definition) is 2. The molecule has 2 nitrogen and oxygen atoms in total. The van der Waals surface area contributed by atoms with Crippen LogP contribution in [-0.2, 0) is 0 Å². The zero-order valence-corrected chi connectivity index (χ0v) is 8.73. The molecule has 0 aliphatic carbocycles. The monoisotopic (exact) mass is 213 g/mol. The van der Waals surface area contributed by atoms with Crippen LogP contribution in [-0.4, -0.2) is 13.2 Å². The second-order valence-corrected chi connectivity index (χ2v) is 4.57. The molecule has 0 atom stereocenters. The lowest BCUT2D eigenvalue weighted by Gasteiger charge is -2.20. The molecule has 0 radical (unpaired) electrons. The molecule has 0 saturated carbocycles. The number of benzene rings is 1. The lowest BCUT2D eigenvalue weighted by molar-refractivity contribution is 0.199. The molecule has 82 valence electrons. The molecule has 1 aromatic rings. The first-order chi connectivity index (χ1) is 6.98. The Morgan fingerprint density at radius 1 is 1.27 bits per heavy atom. The number of hydrogen-bond donors (Lipinski definition) is 1. The predicted octanol–water partition coefficient (Wildman–Crippen LogP) is 2.80. The molecule has 0 spiro atoms. The molecule has 1 aliphatic rings. The van der Waals surface area contributed by atoms with E-state index in [0.717, 1.165) is 12.1 Å². The number of fused-ring (bicyclic) bond motifs is 1. The number of anilines is 1. The van der Waals surface area contributed by atoms with Crippen LogP contribution in [0.1, 0.15) is 13.8 Å². The Balaban J connectivity index is 2.36. The molecule has 15 heavy (non-hydrogen) atoms. The maximum atomic E-state index is 13.0. The summed E-state index contributed by atoms with van der Waals surface area (Å²) in [4.78, 5) is 0. The first-order valence-electron chi connectivity index (χ1n) is 4.84.